The van der Waals surface area contributed by atoms with E-state index in [1.807, 2.05) is 35.7 Å². The number of thiophene rings is 1. The summed E-state index contributed by atoms with van der Waals surface area (Å²) in [4.78, 5) is 32.8. The fourth-order valence-electron chi connectivity index (χ4n) is 4.04. The van der Waals surface area contributed by atoms with Gasteiger partial charge in [0.05, 0.1) is 24.9 Å². The lowest BCUT2D eigenvalue weighted by atomic mass is 10.0. The van der Waals surface area contributed by atoms with Crippen LogP contribution in [0.25, 0.3) is 21.3 Å². The van der Waals surface area contributed by atoms with Gasteiger partial charge in [-0.1, -0.05) is 30.3 Å². The van der Waals surface area contributed by atoms with Crippen molar-refractivity contribution >= 4 is 27.5 Å². The number of amides is 1. The Kier molecular flexibility index (Phi) is 4.69. The average Bonchev–Trinajstić information content (AvgIpc) is 3.39. The van der Waals surface area contributed by atoms with Gasteiger partial charge in [0.25, 0.3) is 5.56 Å². The molecule has 0 bridgehead atoms. The number of rotatable bonds is 3. The number of nitrogens with zero attached hydrogens (tertiary/aromatic N) is 3. The van der Waals surface area contributed by atoms with Crippen LogP contribution in [0.5, 0.6) is 0 Å². The van der Waals surface area contributed by atoms with E-state index in [1.54, 1.807) is 4.90 Å². The lowest BCUT2D eigenvalue weighted by Gasteiger charge is -2.37. The summed E-state index contributed by atoms with van der Waals surface area (Å²) in [6, 6.07) is 9.77. The molecule has 2 saturated heterocycles. The van der Waals surface area contributed by atoms with Crippen molar-refractivity contribution in [2.24, 2.45) is 0 Å². The van der Waals surface area contributed by atoms with E-state index >= 15 is 0 Å². The molecular formula is C21H21N3O4S. The molecule has 0 N–H and O–H groups in total. The minimum atomic E-state index is -0.519. The van der Waals surface area contributed by atoms with E-state index in [0.717, 1.165) is 11.1 Å². The van der Waals surface area contributed by atoms with Gasteiger partial charge in [-0.05, 0) is 5.56 Å². The van der Waals surface area contributed by atoms with Crippen LogP contribution in [0.4, 0.5) is 0 Å². The van der Waals surface area contributed by atoms with E-state index in [2.05, 4.69) is 4.98 Å². The lowest BCUT2D eigenvalue weighted by Crippen LogP contribution is -2.48. The van der Waals surface area contributed by atoms with E-state index in [4.69, 9.17) is 9.47 Å². The molecule has 0 aliphatic carbocycles. The molecule has 3 aromatic rings. The number of carbonyl (C=O) groups excluding carboxylic acids is 1. The minimum Gasteiger partial charge on any atom is -0.347 e. The van der Waals surface area contributed by atoms with Crippen LogP contribution in [0.3, 0.4) is 0 Å². The fraction of sp³-hybridized carbons (Fsp3) is 0.381. The van der Waals surface area contributed by atoms with Gasteiger partial charge in [-0.3, -0.25) is 14.2 Å². The fourth-order valence-corrected chi connectivity index (χ4v) is 4.95. The normalized spacial score (nSPS) is 18.6. The molecule has 8 heteroatoms. The van der Waals surface area contributed by atoms with Crippen molar-refractivity contribution < 1.29 is 14.3 Å². The van der Waals surface area contributed by atoms with Gasteiger partial charge in [0, 0.05) is 36.9 Å². The highest BCUT2D eigenvalue weighted by Gasteiger charge is 2.40. The van der Waals surface area contributed by atoms with Crippen LogP contribution in [-0.2, 0) is 20.8 Å². The highest BCUT2D eigenvalue weighted by molar-refractivity contribution is 7.17. The quantitative estimate of drug-likeness (QED) is 0.662. The first-order valence-electron chi connectivity index (χ1n) is 9.73. The molecule has 0 radical (unpaired) electrons. The third-order valence-electron chi connectivity index (χ3n) is 5.64. The van der Waals surface area contributed by atoms with Gasteiger partial charge in [-0.15, -0.1) is 11.3 Å². The van der Waals surface area contributed by atoms with Crippen LogP contribution < -0.4 is 5.56 Å². The predicted molar refractivity (Wildman–Crippen MR) is 110 cm³/mol. The maximum absolute atomic E-state index is 13.1. The second kappa shape index (κ2) is 7.37. The Labute approximate surface area is 171 Å². The predicted octanol–water partition coefficient (Wildman–Crippen LogP) is 2.49. The smallest absolute Gasteiger partial charge is 0.263 e. The standard InChI is InChI=1S/C21H21N3O4S/c25-17(23-8-6-21(7-9-23)27-10-11-28-21)12-24-14-22-19-18(20(24)26)16(13-29-19)15-4-2-1-3-5-15/h1-5,13-14H,6-12H2. The Morgan fingerprint density at radius 3 is 2.59 bits per heavy atom. The molecular weight excluding hydrogens is 390 g/mol. The molecule has 150 valence electrons. The molecule has 2 aliphatic rings. The summed E-state index contributed by atoms with van der Waals surface area (Å²) < 4.78 is 12.8. The largest absolute Gasteiger partial charge is 0.347 e. The number of aromatic nitrogens is 2. The monoisotopic (exact) mass is 411 g/mol. The van der Waals surface area contributed by atoms with Crippen LogP contribution in [0.1, 0.15) is 12.8 Å². The number of hydrogen-bond acceptors (Lipinski definition) is 6. The van der Waals surface area contributed by atoms with Gasteiger partial charge in [0.2, 0.25) is 5.91 Å². The van der Waals surface area contributed by atoms with E-state index in [9.17, 15) is 9.59 Å². The van der Waals surface area contributed by atoms with Gasteiger partial charge in [0.1, 0.15) is 11.4 Å². The van der Waals surface area contributed by atoms with Crippen LogP contribution in [0.15, 0.2) is 46.8 Å². The first-order valence-corrected chi connectivity index (χ1v) is 10.6. The molecule has 29 heavy (non-hydrogen) atoms. The molecule has 0 unspecified atom stereocenters. The Balaban J connectivity index is 1.37. The van der Waals surface area contributed by atoms with E-state index in [0.29, 0.717) is 49.4 Å². The minimum absolute atomic E-state index is 0.0133. The zero-order chi connectivity index (χ0) is 19.8. The van der Waals surface area contributed by atoms with Crippen molar-refractivity contribution in [3.8, 4) is 11.1 Å². The van der Waals surface area contributed by atoms with Crippen molar-refractivity contribution in [1.82, 2.24) is 14.5 Å². The van der Waals surface area contributed by atoms with Crippen molar-refractivity contribution in [3.63, 3.8) is 0 Å². The third-order valence-corrected chi connectivity index (χ3v) is 6.53. The molecule has 1 amide bonds. The summed E-state index contributed by atoms with van der Waals surface area (Å²) in [5.41, 5.74) is 1.65. The number of ether oxygens (including phenoxy) is 2. The van der Waals surface area contributed by atoms with Gasteiger partial charge >= 0.3 is 0 Å². The van der Waals surface area contributed by atoms with Crippen LogP contribution in [0.2, 0.25) is 0 Å². The van der Waals surface area contributed by atoms with Crippen molar-refractivity contribution in [3.05, 3.63) is 52.4 Å². The summed E-state index contributed by atoms with van der Waals surface area (Å²) in [5.74, 6) is -0.604. The third kappa shape index (κ3) is 3.37. The zero-order valence-corrected chi connectivity index (χ0v) is 16.7. The lowest BCUT2D eigenvalue weighted by molar-refractivity contribution is -0.187. The first kappa shape index (κ1) is 18.5. The molecule has 2 aliphatic heterocycles. The molecule has 1 spiro atoms. The van der Waals surface area contributed by atoms with Crippen molar-refractivity contribution in [2.75, 3.05) is 26.3 Å². The Morgan fingerprint density at radius 1 is 1.14 bits per heavy atom. The van der Waals surface area contributed by atoms with Crippen molar-refractivity contribution in [2.45, 2.75) is 25.2 Å². The van der Waals surface area contributed by atoms with Gasteiger partial charge in [-0.25, -0.2) is 4.98 Å². The van der Waals surface area contributed by atoms with Gasteiger partial charge in [0.15, 0.2) is 5.79 Å². The van der Waals surface area contributed by atoms with Crippen molar-refractivity contribution in [1.29, 1.82) is 0 Å². The topological polar surface area (TPSA) is 73.7 Å². The number of benzene rings is 1. The van der Waals surface area contributed by atoms with Crippen LogP contribution in [-0.4, -0.2) is 52.4 Å². The SMILES string of the molecule is O=C(Cn1cnc2scc(-c3ccccc3)c2c1=O)N1CCC2(CC1)OCCO2. The highest BCUT2D eigenvalue weighted by Crippen LogP contribution is 2.32. The molecule has 0 saturated carbocycles. The second-order valence-corrected chi connectivity index (χ2v) is 8.22. The second-order valence-electron chi connectivity index (χ2n) is 7.36. The van der Waals surface area contributed by atoms with Crippen LogP contribution >= 0.6 is 11.3 Å². The summed E-state index contributed by atoms with van der Waals surface area (Å²) in [6.45, 7) is 2.34. The van der Waals surface area contributed by atoms with E-state index in [1.165, 1.54) is 22.2 Å². The molecule has 1 aromatic carbocycles. The number of likely N-dealkylation sites (tertiary alicyclic amines) is 1. The average molecular weight is 411 g/mol. The summed E-state index contributed by atoms with van der Waals surface area (Å²) in [7, 11) is 0. The number of carbonyl (C=O) groups is 1. The number of hydrogen-bond donors (Lipinski definition) is 0. The summed E-state index contributed by atoms with van der Waals surface area (Å²) in [6.07, 6.45) is 2.80. The van der Waals surface area contributed by atoms with Gasteiger partial charge < -0.3 is 14.4 Å². The Morgan fingerprint density at radius 2 is 1.86 bits per heavy atom. The van der Waals surface area contributed by atoms with E-state index < -0.39 is 5.79 Å². The number of piperidine rings is 1. The molecule has 2 fully saturated rings. The highest BCUT2D eigenvalue weighted by atomic mass is 32.1. The molecule has 0 atom stereocenters. The molecule has 7 nitrogen and oxygen atoms in total. The van der Waals surface area contributed by atoms with Gasteiger partial charge in [-0.2, -0.15) is 0 Å². The maximum Gasteiger partial charge on any atom is 0.263 e. The maximum atomic E-state index is 13.1. The van der Waals surface area contributed by atoms with E-state index in [-0.39, 0.29) is 18.0 Å². The molecule has 5 rings (SSSR count). The molecule has 4 heterocycles. The summed E-state index contributed by atoms with van der Waals surface area (Å²) in [5, 5.41) is 2.52. The molecule has 2 aromatic heterocycles. The van der Waals surface area contributed by atoms with Crippen LogP contribution in [0, 0.1) is 0 Å². The summed E-state index contributed by atoms with van der Waals surface area (Å²) >= 11 is 1.44. The number of fused-ring (bicyclic) bond motifs is 1. The zero-order valence-electron chi connectivity index (χ0n) is 15.9. The Hall–Kier alpha value is -2.55. The Bertz CT molecular complexity index is 1090. The first-order chi connectivity index (χ1) is 14.2.